The van der Waals surface area contributed by atoms with E-state index in [0.717, 1.165) is 0 Å². The quantitative estimate of drug-likeness (QED) is 0.652. The van der Waals surface area contributed by atoms with Gasteiger partial charge in [0.1, 0.15) is 0 Å². The first kappa shape index (κ1) is 10.3. The third-order valence-electron chi connectivity index (χ3n) is 2.27. The fourth-order valence-electron chi connectivity index (χ4n) is 1.81. The second-order valence-corrected chi connectivity index (χ2v) is 3.83. The molecule has 0 atom stereocenters. The van der Waals surface area contributed by atoms with Crippen molar-refractivity contribution < 1.29 is 0 Å². The number of aryl methyl sites for hydroxylation is 3. The molecule has 0 N–H and O–H groups in total. The molecule has 0 aliphatic rings. The van der Waals surface area contributed by atoms with Crippen LogP contribution in [-0.2, 0) is 12.8 Å². The summed E-state index contributed by atoms with van der Waals surface area (Å²) in [4.78, 5) is 0. The highest BCUT2D eigenvalue weighted by Gasteiger charge is 1.97. The van der Waals surface area contributed by atoms with Gasteiger partial charge in [0, 0.05) is 0 Å². The summed E-state index contributed by atoms with van der Waals surface area (Å²) in [6.45, 7) is 6.67. The SMILES string of the molecule is CCCc1cc(C)cc(CCC)c1. The van der Waals surface area contributed by atoms with Crippen LogP contribution in [0, 0.1) is 6.92 Å². The van der Waals surface area contributed by atoms with Crippen molar-refractivity contribution in [2.24, 2.45) is 0 Å². The highest BCUT2D eigenvalue weighted by molar-refractivity contribution is 5.29. The van der Waals surface area contributed by atoms with Gasteiger partial charge in [0.2, 0.25) is 0 Å². The summed E-state index contributed by atoms with van der Waals surface area (Å²) >= 11 is 0. The van der Waals surface area contributed by atoms with E-state index in [1.807, 2.05) is 0 Å². The Morgan fingerprint density at radius 2 is 1.31 bits per heavy atom. The lowest BCUT2D eigenvalue weighted by molar-refractivity contribution is 0.892. The van der Waals surface area contributed by atoms with Crippen molar-refractivity contribution in [1.29, 1.82) is 0 Å². The lowest BCUT2D eigenvalue weighted by Crippen LogP contribution is -1.90. The van der Waals surface area contributed by atoms with E-state index < -0.39 is 0 Å². The smallest absolute Gasteiger partial charge is 0.0281 e. The molecule has 0 fully saturated rings. The highest BCUT2D eigenvalue weighted by atomic mass is 14.0. The Hall–Kier alpha value is -0.780. The Bertz CT molecular complexity index is 236. The van der Waals surface area contributed by atoms with Gasteiger partial charge in [-0.15, -0.1) is 0 Å². The van der Waals surface area contributed by atoms with Crippen LogP contribution in [0.4, 0.5) is 0 Å². The molecule has 1 rings (SSSR count). The minimum atomic E-state index is 1.22. The van der Waals surface area contributed by atoms with E-state index in [2.05, 4.69) is 39.0 Å². The van der Waals surface area contributed by atoms with Gasteiger partial charge in [-0.25, -0.2) is 0 Å². The summed E-state index contributed by atoms with van der Waals surface area (Å²) in [6, 6.07) is 6.98. The zero-order chi connectivity index (χ0) is 9.68. The zero-order valence-electron chi connectivity index (χ0n) is 9.06. The maximum atomic E-state index is 2.36. The molecule has 1 aromatic carbocycles. The maximum Gasteiger partial charge on any atom is -0.0281 e. The maximum absolute atomic E-state index is 2.36. The van der Waals surface area contributed by atoms with E-state index in [9.17, 15) is 0 Å². The normalized spacial score (nSPS) is 10.4. The summed E-state index contributed by atoms with van der Waals surface area (Å²) in [5, 5.41) is 0. The molecular weight excluding hydrogens is 156 g/mol. The zero-order valence-corrected chi connectivity index (χ0v) is 9.06. The van der Waals surface area contributed by atoms with Crippen LogP contribution in [0.2, 0.25) is 0 Å². The fraction of sp³-hybridized carbons (Fsp3) is 0.538. The number of benzene rings is 1. The number of hydrogen-bond donors (Lipinski definition) is 0. The van der Waals surface area contributed by atoms with Crippen molar-refractivity contribution in [3.8, 4) is 0 Å². The molecule has 0 amide bonds. The Kier molecular flexibility index (Phi) is 4.01. The van der Waals surface area contributed by atoms with Gasteiger partial charge in [-0.3, -0.25) is 0 Å². The third kappa shape index (κ3) is 3.22. The first-order valence-corrected chi connectivity index (χ1v) is 5.35. The van der Waals surface area contributed by atoms with Gasteiger partial charge in [-0.2, -0.15) is 0 Å². The lowest BCUT2D eigenvalue weighted by atomic mass is 10.0. The second kappa shape index (κ2) is 5.06. The topological polar surface area (TPSA) is 0 Å². The molecule has 0 spiro atoms. The van der Waals surface area contributed by atoms with Gasteiger partial charge in [-0.1, -0.05) is 50.5 Å². The summed E-state index contributed by atoms with van der Waals surface area (Å²) in [6.07, 6.45) is 4.93. The van der Waals surface area contributed by atoms with Gasteiger partial charge < -0.3 is 0 Å². The Balaban J connectivity index is 2.83. The van der Waals surface area contributed by atoms with Crippen LogP contribution in [0.1, 0.15) is 43.4 Å². The first-order chi connectivity index (χ1) is 6.26. The molecule has 0 bridgehead atoms. The predicted molar refractivity (Wildman–Crippen MR) is 59.2 cm³/mol. The monoisotopic (exact) mass is 176 g/mol. The van der Waals surface area contributed by atoms with Crippen LogP contribution < -0.4 is 0 Å². The molecule has 13 heavy (non-hydrogen) atoms. The van der Waals surface area contributed by atoms with Gasteiger partial charge in [0.25, 0.3) is 0 Å². The molecule has 0 unspecified atom stereocenters. The van der Waals surface area contributed by atoms with Gasteiger partial charge in [-0.05, 0) is 30.9 Å². The molecule has 0 heteroatoms. The molecule has 0 heterocycles. The summed E-state index contributed by atoms with van der Waals surface area (Å²) in [5.74, 6) is 0. The average Bonchev–Trinajstić information content (AvgIpc) is 2.04. The van der Waals surface area contributed by atoms with Crippen LogP contribution in [0.25, 0.3) is 0 Å². The molecule has 1 aromatic rings. The van der Waals surface area contributed by atoms with E-state index in [1.54, 1.807) is 0 Å². The van der Waals surface area contributed by atoms with E-state index >= 15 is 0 Å². The molecule has 0 nitrogen and oxygen atoms in total. The second-order valence-electron chi connectivity index (χ2n) is 3.83. The van der Waals surface area contributed by atoms with Crippen molar-refractivity contribution in [3.63, 3.8) is 0 Å². The van der Waals surface area contributed by atoms with E-state index in [4.69, 9.17) is 0 Å². The van der Waals surface area contributed by atoms with Crippen molar-refractivity contribution in [2.75, 3.05) is 0 Å². The molecule has 72 valence electrons. The standard InChI is InChI=1S/C13H20/c1-4-6-12-8-11(3)9-13(10-12)7-5-2/h8-10H,4-7H2,1-3H3. The average molecular weight is 176 g/mol. The Labute approximate surface area is 82.0 Å². The molecular formula is C13H20. The van der Waals surface area contributed by atoms with Crippen LogP contribution in [0.5, 0.6) is 0 Å². The molecule has 0 saturated heterocycles. The lowest BCUT2D eigenvalue weighted by Gasteiger charge is -2.05. The minimum absolute atomic E-state index is 1.22. The molecule has 0 saturated carbocycles. The van der Waals surface area contributed by atoms with Gasteiger partial charge in [0.15, 0.2) is 0 Å². The van der Waals surface area contributed by atoms with Crippen molar-refractivity contribution in [1.82, 2.24) is 0 Å². The summed E-state index contributed by atoms with van der Waals surface area (Å²) in [5.41, 5.74) is 4.42. The van der Waals surface area contributed by atoms with Gasteiger partial charge >= 0.3 is 0 Å². The Morgan fingerprint density at radius 1 is 0.846 bits per heavy atom. The Morgan fingerprint density at radius 3 is 1.69 bits per heavy atom. The first-order valence-electron chi connectivity index (χ1n) is 5.35. The van der Waals surface area contributed by atoms with Crippen LogP contribution in [0.15, 0.2) is 18.2 Å². The summed E-state index contributed by atoms with van der Waals surface area (Å²) in [7, 11) is 0. The van der Waals surface area contributed by atoms with E-state index in [1.165, 1.54) is 42.4 Å². The van der Waals surface area contributed by atoms with E-state index in [-0.39, 0.29) is 0 Å². The van der Waals surface area contributed by atoms with Crippen molar-refractivity contribution in [2.45, 2.75) is 46.5 Å². The largest absolute Gasteiger partial charge is 0.0651 e. The predicted octanol–water partition coefficient (Wildman–Crippen LogP) is 3.90. The molecule has 0 aliphatic carbocycles. The number of rotatable bonds is 4. The highest BCUT2D eigenvalue weighted by Crippen LogP contribution is 2.12. The van der Waals surface area contributed by atoms with Gasteiger partial charge in [0.05, 0.1) is 0 Å². The van der Waals surface area contributed by atoms with Crippen LogP contribution >= 0.6 is 0 Å². The van der Waals surface area contributed by atoms with Crippen LogP contribution in [-0.4, -0.2) is 0 Å². The van der Waals surface area contributed by atoms with Crippen LogP contribution in [0.3, 0.4) is 0 Å². The molecule has 0 radical (unpaired) electrons. The number of hydrogen-bond acceptors (Lipinski definition) is 0. The molecule has 0 aromatic heterocycles. The van der Waals surface area contributed by atoms with Crippen molar-refractivity contribution in [3.05, 3.63) is 34.9 Å². The summed E-state index contributed by atoms with van der Waals surface area (Å²) < 4.78 is 0. The molecule has 0 aliphatic heterocycles. The third-order valence-corrected chi connectivity index (χ3v) is 2.27. The fourth-order valence-corrected chi connectivity index (χ4v) is 1.81. The minimum Gasteiger partial charge on any atom is -0.0651 e. The van der Waals surface area contributed by atoms with Crippen molar-refractivity contribution >= 4 is 0 Å². The van der Waals surface area contributed by atoms with E-state index in [0.29, 0.717) is 0 Å².